The van der Waals surface area contributed by atoms with Crippen LogP contribution in [-0.2, 0) is 6.18 Å². The molecule has 1 saturated carbocycles. The Balaban J connectivity index is 2.06. The first-order valence-corrected chi connectivity index (χ1v) is 6.26. The highest BCUT2D eigenvalue weighted by molar-refractivity contribution is 5.75. The zero-order chi connectivity index (χ0) is 13.7. The second-order valence-corrected chi connectivity index (χ2v) is 5.10. The Hall–Kier alpha value is -1.49. The fourth-order valence-electron chi connectivity index (χ4n) is 2.63. The van der Waals surface area contributed by atoms with E-state index >= 15 is 0 Å². The number of ether oxygens (including phenoxy) is 1. The third-order valence-electron chi connectivity index (χ3n) is 3.82. The molecule has 0 bridgehead atoms. The Labute approximate surface area is 109 Å². The molecule has 3 rings (SSSR count). The van der Waals surface area contributed by atoms with Gasteiger partial charge in [0.15, 0.2) is 0 Å². The molecule has 1 heterocycles. The average molecular weight is 269 g/mol. The maximum Gasteiger partial charge on any atom is 0.416 e. The summed E-state index contributed by atoms with van der Waals surface area (Å²) < 4.78 is 44.0. The summed E-state index contributed by atoms with van der Waals surface area (Å²) in [5, 5.41) is 0. The molecule has 0 atom stereocenters. The van der Waals surface area contributed by atoms with Gasteiger partial charge in [-0.3, -0.25) is 0 Å². The van der Waals surface area contributed by atoms with Gasteiger partial charge in [0.2, 0.25) is 0 Å². The highest BCUT2D eigenvalue weighted by Crippen LogP contribution is 2.46. The summed E-state index contributed by atoms with van der Waals surface area (Å²) in [5.74, 6) is 0.510. The molecule has 0 aromatic heterocycles. The molecular weight excluding hydrogens is 255 g/mol. The summed E-state index contributed by atoms with van der Waals surface area (Å²) in [5.41, 5.74) is 5.88. The molecule has 1 spiro atoms. The molecule has 19 heavy (non-hydrogen) atoms. The number of hydrogen-bond donors (Lipinski definition) is 1. The van der Waals surface area contributed by atoms with Gasteiger partial charge in [-0.25, -0.2) is 0 Å². The smallest absolute Gasteiger partial charge is 0.416 e. The van der Waals surface area contributed by atoms with Gasteiger partial charge in [-0.05, 0) is 49.1 Å². The van der Waals surface area contributed by atoms with Gasteiger partial charge >= 0.3 is 6.18 Å². The summed E-state index contributed by atoms with van der Waals surface area (Å²) in [6, 6.07) is 3.59. The van der Waals surface area contributed by atoms with Gasteiger partial charge in [0.05, 0.1) is 5.56 Å². The highest BCUT2D eigenvalue weighted by atomic mass is 19.4. The van der Waals surface area contributed by atoms with E-state index in [0.717, 1.165) is 37.0 Å². The highest BCUT2D eigenvalue weighted by Gasteiger charge is 2.41. The zero-order valence-electron chi connectivity index (χ0n) is 10.3. The van der Waals surface area contributed by atoms with E-state index in [1.807, 2.05) is 6.08 Å². The number of nitrogens with two attached hydrogens (primary N) is 1. The van der Waals surface area contributed by atoms with Crippen LogP contribution in [0.25, 0.3) is 5.57 Å². The standard InChI is InChI=1S/C14H14F3NO/c15-14(16,17)10-2-3-12-11(6-10)9(8-18)7-13(19-12)4-1-5-13/h2-3,6-7H,1,4-5,8,18H2. The molecule has 5 heteroatoms. The Bertz CT molecular complexity index is 544. The molecule has 1 aromatic rings. The molecule has 2 nitrogen and oxygen atoms in total. The number of halogens is 3. The van der Waals surface area contributed by atoms with E-state index in [9.17, 15) is 13.2 Å². The summed E-state index contributed by atoms with van der Waals surface area (Å²) in [6.07, 6.45) is 0.428. The van der Waals surface area contributed by atoms with Gasteiger partial charge in [0.25, 0.3) is 0 Å². The van der Waals surface area contributed by atoms with E-state index in [4.69, 9.17) is 10.5 Å². The molecule has 0 amide bonds. The molecule has 1 aliphatic heterocycles. The largest absolute Gasteiger partial charge is 0.483 e. The van der Waals surface area contributed by atoms with E-state index in [-0.39, 0.29) is 12.1 Å². The average Bonchev–Trinajstić information content (AvgIpc) is 2.33. The molecule has 2 N–H and O–H groups in total. The Morgan fingerprint density at radius 3 is 2.53 bits per heavy atom. The van der Waals surface area contributed by atoms with Gasteiger partial charge in [0.1, 0.15) is 11.4 Å². The Morgan fingerprint density at radius 2 is 2.00 bits per heavy atom. The number of rotatable bonds is 1. The summed E-state index contributed by atoms with van der Waals surface area (Å²) in [6.45, 7) is 0.222. The van der Waals surface area contributed by atoms with Gasteiger partial charge in [0, 0.05) is 12.1 Å². The van der Waals surface area contributed by atoms with E-state index in [1.165, 1.54) is 6.07 Å². The van der Waals surface area contributed by atoms with Crippen LogP contribution in [0.4, 0.5) is 13.2 Å². The monoisotopic (exact) mass is 269 g/mol. The van der Waals surface area contributed by atoms with Crippen LogP contribution >= 0.6 is 0 Å². The molecule has 1 aromatic carbocycles. The summed E-state index contributed by atoms with van der Waals surface area (Å²) in [7, 11) is 0. The molecule has 0 radical (unpaired) electrons. The topological polar surface area (TPSA) is 35.2 Å². The quantitative estimate of drug-likeness (QED) is 0.848. The van der Waals surface area contributed by atoms with Crippen molar-refractivity contribution in [1.29, 1.82) is 0 Å². The second kappa shape index (κ2) is 4.00. The van der Waals surface area contributed by atoms with E-state index in [0.29, 0.717) is 11.3 Å². The van der Waals surface area contributed by atoms with Gasteiger partial charge in [-0.2, -0.15) is 13.2 Å². The van der Waals surface area contributed by atoms with Crippen molar-refractivity contribution in [2.75, 3.05) is 6.54 Å². The van der Waals surface area contributed by atoms with Crippen LogP contribution in [0.5, 0.6) is 5.75 Å². The minimum absolute atomic E-state index is 0.222. The zero-order valence-corrected chi connectivity index (χ0v) is 10.3. The normalized spacial score (nSPS) is 20.3. The maximum atomic E-state index is 12.7. The van der Waals surface area contributed by atoms with Gasteiger partial charge in [-0.15, -0.1) is 0 Å². The number of benzene rings is 1. The van der Waals surface area contributed by atoms with Crippen LogP contribution in [0.2, 0.25) is 0 Å². The molecule has 0 unspecified atom stereocenters. The van der Waals surface area contributed by atoms with Crippen molar-refractivity contribution in [3.8, 4) is 5.75 Å². The van der Waals surface area contributed by atoms with Crippen molar-refractivity contribution in [2.24, 2.45) is 5.73 Å². The van der Waals surface area contributed by atoms with E-state index < -0.39 is 11.7 Å². The predicted octanol–water partition coefficient (Wildman–Crippen LogP) is 3.36. The lowest BCUT2D eigenvalue weighted by Gasteiger charge is -2.43. The van der Waals surface area contributed by atoms with Crippen LogP contribution < -0.4 is 10.5 Å². The van der Waals surface area contributed by atoms with Gasteiger partial charge in [-0.1, -0.05) is 0 Å². The van der Waals surface area contributed by atoms with Crippen molar-refractivity contribution < 1.29 is 17.9 Å². The van der Waals surface area contributed by atoms with Crippen molar-refractivity contribution in [2.45, 2.75) is 31.0 Å². The lowest BCUT2D eigenvalue weighted by atomic mass is 9.76. The Kier molecular flexibility index (Phi) is 2.64. The molecule has 1 aliphatic carbocycles. The number of hydrogen-bond acceptors (Lipinski definition) is 2. The van der Waals surface area contributed by atoms with E-state index in [1.54, 1.807) is 0 Å². The van der Waals surface area contributed by atoms with Crippen LogP contribution in [0, 0.1) is 0 Å². The lowest BCUT2D eigenvalue weighted by molar-refractivity contribution is -0.137. The van der Waals surface area contributed by atoms with Crippen LogP contribution in [0.1, 0.15) is 30.4 Å². The lowest BCUT2D eigenvalue weighted by Crippen LogP contribution is -2.43. The van der Waals surface area contributed by atoms with Crippen molar-refractivity contribution in [3.05, 3.63) is 35.4 Å². The summed E-state index contributed by atoms with van der Waals surface area (Å²) >= 11 is 0. The molecule has 1 fully saturated rings. The third-order valence-corrected chi connectivity index (χ3v) is 3.82. The molecule has 102 valence electrons. The van der Waals surface area contributed by atoms with Crippen molar-refractivity contribution in [3.63, 3.8) is 0 Å². The first-order chi connectivity index (χ1) is 8.93. The molecular formula is C14H14F3NO. The van der Waals surface area contributed by atoms with E-state index in [2.05, 4.69) is 0 Å². The minimum Gasteiger partial charge on any atom is -0.483 e. The summed E-state index contributed by atoms with van der Waals surface area (Å²) in [4.78, 5) is 0. The fourth-order valence-corrected chi connectivity index (χ4v) is 2.63. The predicted molar refractivity (Wildman–Crippen MR) is 65.7 cm³/mol. The minimum atomic E-state index is -4.35. The SMILES string of the molecule is NCC1=CC2(CCC2)Oc2ccc(C(F)(F)F)cc21. The van der Waals surface area contributed by atoms with Crippen molar-refractivity contribution >= 4 is 5.57 Å². The van der Waals surface area contributed by atoms with Crippen LogP contribution in [-0.4, -0.2) is 12.1 Å². The third kappa shape index (κ3) is 2.02. The second-order valence-electron chi connectivity index (χ2n) is 5.10. The number of fused-ring (bicyclic) bond motifs is 1. The van der Waals surface area contributed by atoms with Crippen LogP contribution in [0.3, 0.4) is 0 Å². The van der Waals surface area contributed by atoms with Crippen LogP contribution in [0.15, 0.2) is 24.3 Å². The van der Waals surface area contributed by atoms with Crippen molar-refractivity contribution in [1.82, 2.24) is 0 Å². The molecule has 0 saturated heterocycles. The first kappa shape index (κ1) is 12.5. The first-order valence-electron chi connectivity index (χ1n) is 6.26. The number of alkyl halides is 3. The fraction of sp³-hybridized carbons (Fsp3) is 0.429. The molecule has 2 aliphatic rings. The maximum absolute atomic E-state index is 12.7. The Morgan fingerprint density at radius 1 is 1.26 bits per heavy atom. The van der Waals surface area contributed by atoms with Gasteiger partial charge < -0.3 is 10.5 Å².